The largest absolute Gasteiger partial charge is 0.311 e. The number of hydrogen-bond acceptors (Lipinski definition) is 4. The number of rotatable bonds is 2. The lowest BCUT2D eigenvalue weighted by Crippen LogP contribution is -2.62. The second-order valence-electron chi connectivity index (χ2n) is 5.76. The van der Waals surface area contributed by atoms with Crippen LogP contribution in [0.4, 0.5) is 0 Å². The van der Waals surface area contributed by atoms with Crippen LogP contribution >= 0.6 is 0 Å². The van der Waals surface area contributed by atoms with Crippen molar-refractivity contribution in [2.45, 2.75) is 50.7 Å². The molecule has 1 spiro atoms. The first-order valence-electron chi connectivity index (χ1n) is 7.03. The summed E-state index contributed by atoms with van der Waals surface area (Å²) >= 11 is 0. The summed E-state index contributed by atoms with van der Waals surface area (Å²) in [4.78, 5) is 11.4. The molecule has 3 rings (SSSR count). The monoisotopic (exact) mass is 246 g/mol. The van der Waals surface area contributed by atoms with Gasteiger partial charge in [0.2, 0.25) is 0 Å². The Hall–Kier alpha value is -1.00. The average molecular weight is 246 g/mol. The highest BCUT2D eigenvalue weighted by atomic mass is 15.3. The SMILES string of the molecule is CC1CN(Cc2ncccn2)C2(CCCC2)CN1. The molecule has 2 aliphatic rings. The fraction of sp³-hybridized carbons (Fsp3) is 0.714. The third kappa shape index (κ3) is 2.27. The quantitative estimate of drug-likeness (QED) is 0.860. The zero-order valence-electron chi connectivity index (χ0n) is 11.1. The molecule has 2 fully saturated rings. The van der Waals surface area contributed by atoms with Crippen LogP contribution in [0.25, 0.3) is 0 Å². The van der Waals surface area contributed by atoms with Gasteiger partial charge in [-0.2, -0.15) is 0 Å². The lowest BCUT2D eigenvalue weighted by Gasteiger charge is -2.47. The molecule has 1 saturated carbocycles. The van der Waals surface area contributed by atoms with Gasteiger partial charge in [-0.25, -0.2) is 9.97 Å². The standard InChI is InChI=1S/C14H22N4/c1-12-9-18(10-13-15-7-4-8-16-13)14(11-17-12)5-2-3-6-14/h4,7-8,12,17H,2-3,5-6,9-11H2,1H3. The molecule has 18 heavy (non-hydrogen) atoms. The van der Waals surface area contributed by atoms with E-state index < -0.39 is 0 Å². The molecule has 1 aliphatic heterocycles. The molecule has 1 aliphatic carbocycles. The van der Waals surface area contributed by atoms with Crippen LogP contribution < -0.4 is 5.32 Å². The Balaban J connectivity index is 1.78. The fourth-order valence-corrected chi connectivity index (χ4v) is 3.41. The number of nitrogens with zero attached hydrogens (tertiary/aromatic N) is 3. The summed E-state index contributed by atoms with van der Waals surface area (Å²) in [6, 6.07) is 2.45. The maximum Gasteiger partial charge on any atom is 0.142 e. The summed E-state index contributed by atoms with van der Waals surface area (Å²) in [7, 11) is 0. The molecule has 4 nitrogen and oxygen atoms in total. The van der Waals surface area contributed by atoms with Gasteiger partial charge in [-0.3, -0.25) is 4.90 Å². The van der Waals surface area contributed by atoms with Gasteiger partial charge in [0.05, 0.1) is 6.54 Å². The van der Waals surface area contributed by atoms with Gasteiger partial charge < -0.3 is 5.32 Å². The molecule has 98 valence electrons. The first kappa shape index (κ1) is 12.1. The van der Waals surface area contributed by atoms with Crippen molar-refractivity contribution in [2.24, 2.45) is 0 Å². The highest BCUT2D eigenvalue weighted by molar-refractivity contribution is 5.03. The molecular formula is C14H22N4. The van der Waals surface area contributed by atoms with Gasteiger partial charge in [0, 0.05) is 37.1 Å². The van der Waals surface area contributed by atoms with Crippen LogP contribution in [0.2, 0.25) is 0 Å². The van der Waals surface area contributed by atoms with E-state index in [0.717, 1.165) is 25.5 Å². The van der Waals surface area contributed by atoms with Gasteiger partial charge in [0.15, 0.2) is 0 Å². The van der Waals surface area contributed by atoms with Crippen molar-refractivity contribution in [3.05, 3.63) is 24.3 Å². The third-order valence-electron chi connectivity index (χ3n) is 4.43. The Kier molecular flexibility index (Phi) is 3.31. The first-order chi connectivity index (χ1) is 8.78. The molecule has 0 bridgehead atoms. The van der Waals surface area contributed by atoms with E-state index in [4.69, 9.17) is 0 Å². The zero-order valence-corrected chi connectivity index (χ0v) is 11.1. The Bertz CT molecular complexity index is 386. The maximum atomic E-state index is 4.38. The first-order valence-corrected chi connectivity index (χ1v) is 7.03. The van der Waals surface area contributed by atoms with Gasteiger partial charge in [-0.1, -0.05) is 12.8 Å². The molecular weight excluding hydrogens is 224 g/mol. The molecule has 0 aromatic carbocycles. The average Bonchev–Trinajstić information content (AvgIpc) is 2.85. The van der Waals surface area contributed by atoms with Crippen molar-refractivity contribution >= 4 is 0 Å². The van der Waals surface area contributed by atoms with Gasteiger partial charge >= 0.3 is 0 Å². The predicted octanol–water partition coefficient (Wildman–Crippen LogP) is 1.58. The molecule has 1 N–H and O–H groups in total. The summed E-state index contributed by atoms with van der Waals surface area (Å²) in [5.41, 5.74) is 0.367. The van der Waals surface area contributed by atoms with Gasteiger partial charge in [-0.15, -0.1) is 0 Å². The van der Waals surface area contributed by atoms with Crippen molar-refractivity contribution in [2.75, 3.05) is 13.1 Å². The van der Waals surface area contributed by atoms with Gasteiger partial charge in [0.1, 0.15) is 5.82 Å². The lowest BCUT2D eigenvalue weighted by atomic mass is 9.91. The van der Waals surface area contributed by atoms with E-state index in [1.165, 1.54) is 25.7 Å². The molecule has 1 atom stereocenters. The molecule has 1 aromatic rings. The minimum absolute atomic E-state index is 0.367. The topological polar surface area (TPSA) is 41.1 Å². The van der Waals surface area contributed by atoms with Crippen molar-refractivity contribution < 1.29 is 0 Å². The van der Waals surface area contributed by atoms with Crippen LogP contribution in [-0.2, 0) is 6.54 Å². The minimum atomic E-state index is 0.367. The van der Waals surface area contributed by atoms with Crippen LogP contribution in [0.15, 0.2) is 18.5 Å². The Morgan fingerprint density at radius 1 is 1.33 bits per heavy atom. The molecule has 2 heterocycles. The number of nitrogens with one attached hydrogen (secondary N) is 1. The zero-order chi connectivity index (χ0) is 12.4. The molecule has 0 amide bonds. The highest BCUT2D eigenvalue weighted by Gasteiger charge is 2.42. The van der Waals surface area contributed by atoms with Crippen molar-refractivity contribution in [3.63, 3.8) is 0 Å². The molecule has 0 radical (unpaired) electrons. The van der Waals surface area contributed by atoms with E-state index in [1.807, 2.05) is 18.5 Å². The molecule has 1 aromatic heterocycles. The molecule has 4 heteroatoms. The third-order valence-corrected chi connectivity index (χ3v) is 4.43. The highest BCUT2D eigenvalue weighted by Crippen LogP contribution is 2.37. The fourth-order valence-electron chi connectivity index (χ4n) is 3.41. The smallest absolute Gasteiger partial charge is 0.142 e. The van der Waals surface area contributed by atoms with E-state index in [9.17, 15) is 0 Å². The lowest BCUT2D eigenvalue weighted by molar-refractivity contribution is 0.0370. The summed E-state index contributed by atoms with van der Waals surface area (Å²) in [5, 5.41) is 3.65. The Morgan fingerprint density at radius 3 is 2.78 bits per heavy atom. The summed E-state index contributed by atoms with van der Waals surface area (Å²) in [6.45, 7) is 5.40. The number of aromatic nitrogens is 2. The van der Waals surface area contributed by atoms with Crippen LogP contribution in [0, 0.1) is 0 Å². The molecule has 1 saturated heterocycles. The Labute approximate surface area is 109 Å². The normalized spacial score (nSPS) is 27.7. The Morgan fingerprint density at radius 2 is 2.06 bits per heavy atom. The summed E-state index contributed by atoms with van der Waals surface area (Å²) in [5.74, 6) is 0.956. The number of hydrogen-bond donors (Lipinski definition) is 1. The van der Waals surface area contributed by atoms with Crippen molar-refractivity contribution in [1.29, 1.82) is 0 Å². The van der Waals surface area contributed by atoms with E-state index >= 15 is 0 Å². The molecule has 1 unspecified atom stereocenters. The van der Waals surface area contributed by atoms with E-state index in [1.54, 1.807) is 0 Å². The van der Waals surface area contributed by atoms with E-state index in [-0.39, 0.29) is 0 Å². The summed E-state index contributed by atoms with van der Waals surface area (Å²) < 4.78 is 0. The van der Waals surface area contributed by atoms with Gasteiger partial charge in [-0.05, 0) is 25.8 Å². The second-order valence-corrected chi connectivity index (χ2v) is 5.76. The van der Waals surface area contributed by atoms with Crippen LogP contribution in [0.5, 0.6) is 0 Å². The van der Waals surface area contributed by atoms with Crippen molar-refractivity contribution in [1.82, 2.24) is 20.2 Å². The van der Waals surface area contributed by atoms with E-state index in [0.29, 0.717) is 11.6 Å². The van der Waals surface area contributed by atoms with Crippen LogP contribution in [0.3, 0.4) is 0 Å². The van der Waals surface area contributed by atoms with Crippen LogP contribution in [-0.4, -0.2) is 39.5 Å². The predicted molar refractivity (Wildman–Crippen MR) is 71.1 cm³/mol. The van der Waals surface area contributed by atoms with Crippen LogP contribution in [0.1, 0.15) is 38.4 Å². The summed E-state index contributed by atoms with van der Waals surface area (Å²) in [6.07, 6.45) is 9.05. The van der Waals surface area contributed by atoms with Crippen molar-refractivity contribution in [3.8, 4) is 0 Å². The second kappa shape index (κ2) is 4.94. The number of piperazine rings is 1. The van der Waals surface area contributed by atoms with E-state index in [2.05, 4.69) is 27.1 Å². The minimum Gasteiger partial charge on any atom is -0.311 e. The van der Waals surface area contributed by atoms with Gasteiger partial charge in [0.25, 0.3) is 0 Å². The maximum absolute atomic E-state index is 4.38.